The van der Waals surface area contributed by atoms with Crippen LogP contribution in [0.5, 0.6) is 0 Å². The van der Waals surface area contributed by atoms with Crippen molar-refractivity contribution in [2.45, 2.75) is 51.5 Å². The molecule has 3 nitrogen and oxygen atoms in total. The van der Waals surface area contributed by atoms with Gasteiger partial charge in [0.05, 0.1) is 12.2 Å². The van der Waals surface area contributed by atoms with Crippen LogP contribution in [0.15, 0.2) is 24.3 Å². The minimum Gasteiger partial charge on any atom is -0.390 e. The first kappa shape index (κ1) is 13.5. The Morgan fingerprint density at radius 3 is 2.50 bits per heavy atom. The maximum absolute atomic E-state index is 9.96. The van der Waals surface area contributed by atoms with Gasteiger partial charge in [0, 0.05) is 12.6 Å². The van der Waals surface area contributed by atoms with Gasteiger partial charge in [0.25, 0.3) is 0 Å². The second kappa shape index (κ2) is 5.83. The van der Waals surface area contributed by atoms with Crippen LogP contribution < -0.4 is 5.32 Å². The van der Waals surface area contributed by atoms with Crippen molar-refractivity contribution < 1.29 is 10.2 Å². The molecule has 0 amide bonds. The predicted molar refractivity (Wildman–Crippen MR) is 72.2 cm³/mol. The van der Waals surface area contributed by atoms with Crippen molar-refractivity contribution in [2.24, 2.45) is 5.92 Å². The van der Waals surface area contributed by atoms with Gasteiger partial charge >= 0.3 is 0 Å². The van der Waals surface area contributed by atoms with Gasteiger partial charge in [-0.25, -0.2) is 0 Å². The SMILES string of the molecule is Cc1ccc(CNC2CC(C)CC(O)C2O)cc1. The number of aliphatic hydroxyl groups excluding tert-OH is 2. The molecule has 18 heavy (non-hydrogen) atoms. The number of rotatable bonds is 3. The van der Waals surface area contributed by atoms with Crippen LogP contribution in [0.4, 0.5) is 0 Å². The maximum atomic E-state index is 9.96. The fraction of sp³-hybridized carbons (Fsp3) is 0.600. The van der Waals surface area contributed by atoms with Crippen LogP contribution in [0, 0.1) is 12.8 Å². The molecule has 3 heteroatoms. The van der Waals surface area contributed by atoms with Crippen LogP contribution in [0.3, 0.4) is 0 Å². The molecule has 4 atom stereocenters. The minimum absolute atomic E-state index is 0.00921. The van der Waals surface area contributed by atoms with Crippen LogP contribution in [-0.4, -0.2) is 28.5 Å². The first-order valence-corrected chi connectivity index (χ1v) is 6.71. The molecule has 0 radical (unpaired) electrons. The van der Waals surface area contributed by atoms with E-state index in [1.807, 2.05) is 0 Å². The Bertz CT molecular complexity index is 377. The fourth-order valence-electron chi connectivity index (χ4n) is 2.65. The van der Waals surface area contributed by atoms with Crippen molar-refractivity contribution in [2.75, 3.05) is 0 Å². The minimum atomic E-state index is -0.647. The summed E-state index contributed by atoms with van der Waals surface area (Å²) in [5, 5.41) is 23.1. The third kappa shape index (κ3) is 3.31. The van der Waals surface area contributed by atoms with Gasteiger partial charge in [0.2, 0.25) is 0 Å². The van der Waals surface area contributed by atoms with E-state index < -0.39 is 12.2 Å². The van der Waals surface area contributed by atoms with Gasteiger partial charge in [-0.1, -0.05) is 36.8 Å². The van der Waals surface area contributed by atoms with E-state index in [0.29, 0.717) is 12.3 Å². The Kier molecular flexibility index (Phi) is 4.38. The summed E-state index contributed by atoms with van der Waals surface area (Å²) in [6, 6.07) is 8.36. The molecule has 1 aliphatic carbocycles. The van der Waals surface area contributed by atoms with Gasteiger partial charge in [-0.2, -0.15) is 0 Å². The topological polar surface area (TPSA) is 52.5 Å². The van der Waals surface area contributed by atoms with E-state index in [9.17, 15) is 10.2 Å². The normalized spacial score (nSPS) is 32.4. The van der Waals surface area contributed by atoms with Crippen LogP contribution in [0.1, 0.15) is 30.9 Å². The molecule has 1 aromatic rings. The zero-order chi connectivity index (χ0) is 13.1. The van der Waals surface area contributed by atoms with E-state index in [4.69, 9.17) is 0 Å². The molecule has 0 spiro atoms. The van der Waals surface area contributed by atoms with Gasteiger partial charge < -0.3 is 15.5 Å². The zero-order valence-electron chi connectivity index (χ0n) is 11.1. The van der Waals surface area contributed by atoms with E-state index >= 15 is 0 Å². The molecule has 0 aromatic heterocycles. The lowest BCUT2D eigenvalue weighted by Crippen LogP contribution is -2.50. The predicted octanol–water partition coefficient (Wildman–Crippen LogP) is 1.60. The molecule has 3 N–H and O–H groups in total. The summed E-state index contributed by atoms with van der Waals surface area (Å²) in [5.74, 6) is 0.457. The van der Waals surface area contributed by atoms with E-state index in [1.165, 1.54) is 11.1 Å². The number of benzene rings is 1. The lowest BCUT2D eigenvalue weighted by Gasteiger charge is -2.36. The third-order valence-corrected chi connectivity index (χ3v) is 3.80. The lowest BCUT2D eigenvalue weighted by atomic mass is 9.83. The molecule has 1 fully saturated rings. The third-order valence-electron chi connectivity index (χ3n) is 3.80. The highest BCUT2D eigenvalue weighted by Crippen LogP contribution is 2.24. The van der Waals surface area contributed by atoms with Gasteiger partial charge in [0.15, 0.2) is 0 Å². The molecule has 2 rings (SSSR count). The summed E-state index contributed by atoms with van der Waals surface area (Å²) in [5.41, 5.74) is 2.46. The standard InChI is InChI=1S/C15H23NO2/c1-10-3-5-12(6-4-10)9-16-13-7-11(2)8-14(17)15(13)18/h3-6,11,13-18H,7-9H2,1-2H3. The first-order chi connectivity index (χ1) is 8.56. The van der Waals surface area contributed by atoms with Gasteiger partial charge in [-0.3, -0.25) is 0 Å². The largest absolute Gasteiger partial charge is 0.390 e. The lowest BCUT2D eigenvalue weighted by molar-refractivity contribution is -0.0438. The number of aliphatic hydroxyl groups is 2. The smallest absolute Gasteiger partial charge is 0.0951 e. The second-order valence-corrected chi connectivity index (χ2v) is 5.61. The number of hydrogen-bond donors (Lipinski definition) is 3. The van der Waals surface area contributed by atoms with Crippen LogP contribution in [0.2, 0.25) is 0 Å². The Hall–Kier alpha value is -0.900. The summed E-state index contributed by atoms with van der Waals surface area (Å²) in [4.78, 5) is 0. The Labute approximate surface area is 109 Å². The van der Waals surface area contributed by atoms with Crippen molar-refractivity contribution in [3.05, 3.63) is 35.4 Å². The van der Waals surface area contributed by atoms with Crippen LogP contribution >= 0.6 is 0 Å². The summed E-state index contributed by atoms with van der Waals surface area (Å²) >= 11 is 0. The monoisotopic (exact) mass is 249 g/mol. The van der Waals surface area contributed by atoms with Crippen LogP contribution in [-0.2, 0) is 6.54 Å². The number of nitrogens with one attached hydrogen (secondary N) is 1. The molecule has 0 saturated heterocycles. The Balaban J connectivity index is 1.90. The van der Waals surface area contributed by atoms with Gasteiger partial charge in [0.1, 0.15) is 0 Å². The molecule has 100 valence electrons. The quantitative estimate of drug-likeness (QED) is 0.763. The maximum Gasteiger partial charge on any atom is 0.0951 e. The summed E-state index contributed by atoms with van der Waals surface area (Å²) < 4.78 is 0. The molecule has 1 saturated carbocycles. The fourth-order valence-corrected chi connectivity index (χ4v) is 2.65. The zero-order valence-corrected chi connectivity index (χ0v) is 11.1. The summed E-state index contributed by atoms with van der Waals surface area (Å²) in [7, 11) is 0. The molecular weight excluding hydrogens is 226 g/mol. The molecule has 1 aliphatic rings. The van der Waals surface area contributed by atoms with E-state index in [-0.39, 0.29) is 6.04 Å². The molecule has 0 bridgehead atoms. The van der Waals surface area contributed by atoms with E-state index in [0.717, 1.165) is 13.0 Å². The highest BCUT2D eigenvalue weighted by molar-refractivity contribution is 5.21. The Morgan fingerprint density at radius 2 is 1.83 bits per heavy atom. The Morgan fingerprint density at radius 1 is 1.17 bits per heavy atom. The van der Waals surface area contributed by atoms with Crippen LogP contribution in [0.25, 0.3) is 0 Å². The molecule has 1 aromatic carbocycles. The summed E-state index contributed by atoms with van der Waals surface area (Å²) in [6.45, 7) is 4.93. The highest BCUT2D eigenvalue weighted by atomic mass is 16.3. The molecule has 4 unspecified atom stereocenters. The van der Waals surface area contributed by atoms with E-state index in [2.05, 4.69) is 43.4 Å². The molecule has 0 aliphatic heterocycles. The first-order valence-electron chi connectivity index (χ1n) is 6.71. The summed E-state index contributed by atoms with van der Waals surface area (Å²) in [6.07, 6.45) is 0.379. The van der Waals surface area contributed by atoms with Crippen molar-refractivity contribution in [3.63, 3.8) is 0 Å². The molecular formula is C15H23NO2. The van der Waals surface area contributed by atoms with Crippen molar-refractivity contribution in [1.82, 2.24) is 5.32 Å². The van der Waals surface area contributed by atoms with Gasteiger partial charge in [-0.05, 0) is 31.2 Å². The molecule has 0 heterocycles. The average Bonchev–Trinajstić information content (AvgIpc) is 2.34. The van der Waals surface area contributed by atoms with Crippen molar-refractivity contribution in [1.29, 1.82) is 0 Å². The van der Waals surface area contributed by atoms with Gasteiger partial charge in [-0.15, -0.1) is 0 Å². The second-order valence-electron chi connectivity index (χ2n) is 5.61. The number of aryl methyl sites for hydroxylation is 1. The van der Waals surface area contributed by atoms with E-state index in [1.54, 1.807) is 0 Å². The number of hydrogen-bond acceptors (Lipinski definition) is 3. The highest BCUT2D eigenvalue weighted by Gasteiger charge is 2.33. The van der Waals surface area contributed by atoms with Crippen molar-refractivity contribution in [3.8, 4) is 0 Å². The van der Waals surface area contributed by atoms with Crippen molar-refractivity contribution >= 4 is 0 Å². The average molecular weight is 249 g/mol.